The summed E-state index contributed by atoms with van der Waals surface area (Å²) in [7, 11) is 3.83. The summed E-state index contributed by atoms with van der Waals surface area (Å²) in [5, 5.41) is 15.4. The normalized spacial score (nSPS) is 20.6. The van der Waals surface area contributed by atoms with Crippen LogP contribution in [0.25, 0.3) is 11.3 Å². The maximum absolute atomic E-state index is 13.2. The first-order valence-corrected chi connectivity index (χ1v) is 9.06. The van der Waals surface area contributed by atoms with Gasteiger partial charge >= 0.3 is 0 Å². The van der Waals surface area contributed by atoms with Gasteiger partial charge < -0.3 is 19.4 Å². The van der Waals surface area contributed by atoms with Crippen molar-refractivity contribution in [2.75, 3.05) is 33.7 Å². The summed E-state index contributed by atoms with van der Waals surface area (Å²) >= 11 is 6.28. The number of benzene rings is 1. The summed E-state index contributed by atoms with van der Waals surface area (Å²) in [6.45, 7) is 3.12. The van der Waals surface area contributed by atoms with Crippen molar-refractivity contribution in [1.82, 2.24) is 15.0 Å². The molecule has 1 N–H and O–H groups in total. The number of aromatic nitrogens is 1. The van der Waals surface area contributed by atoms with Gasteiger partial charge in [-0.2, -0.15) is 0 Å². The molecule has 1 aliphatic rings. The molecule has 0 radical (unpaired) electrons. The van der Waals surface area contributed by atoms with Crippen LogP contribution in [0, 0.1) is 6.92 Å². The lowest BCUT2D eigenvalue weighted by molar-refractivity contribution is -0.0391. The minimum absolute atomic E-state index is 0.185. The molecule has 7 heteroatoms. The van der Waals surface area contributed by atoms with Crippen LogP contribution in [-0.2, 0) is 0 Å². The van der Waals surface area contributed by atoms with Gasteiger partial charge in [-0.1, -0.05) is 35.0 Å². The number of carbonyl (C=O) groups is 1. The average Bonchev–Trinajstić information content (AvgIpc) is 2.95. The summed E-state index contributed by atoms with van der Waals surface area (Å²) in [4.78, 5) is 16.8. The van der Waals surface area contributed by atoms with E-state index in [2.05, 4.69) is 5.16 Å². The summed E-state index contributed by atoms with van der Waals surface area (Å²) < 4.78 is 5.31. The minimum Gasteiger partial charge on any atom is -0.387 e. The van der Waals surface area contributed by atoms with Gasteiger partial charge in [0, 0.05) is 18.7 Å². The highest BCUT2D eigenvalue weighted by Gasteiger charge is 2.37. The predicted molar refractivity (Wildman–Crippen MR) is 100 cm³/mol. The topological polar surface area (TPSA) is 69.8 Å². The Kier molecular flexibility index (Phi) is 5.37. The lowest BCUT2D eigenvalue weighted by atomic mass is 9.91. The van der Waals surface area contributed by atoms with Gasteiger partial charge in [0.15, 0.2) is 0 Å². The third-order valence-corrected chi connectivity index (χ3v) is 4.99. The Morgan fingerprint density at radius 1 is 1.42 bits per heavy atom. The second-order valence-corrected chi connectivity index (χ2v) is 7.64. The van der Waals surface area contributed by atoms with Crippen LogP contribution in [0.1, 0.15) is 29.0 Å². The molecule has 2 aromatic rings. The minimum atomic E-state index is -0.910. The summed E-state index contributed by atoms with van der Waals surface area (Å²) in [6.07, 6.45) is 1.43. The second-order valence-electron chi connectivity index (χ2n) is 7.23. The number of carbonyl (C=O) groups excluding carboxylic acids is 1. The Hall–Kier alpha value is -1.89. The Balaban J connectivity index is 1.91. The third kappa shape index (κ3) is 3.77. The average molecular weight is 378 g/mol. The first kappa shape index (κ1) is 18.9. The molecule has 6 nitrogen and oxygen atoms in total. The number of aliphatic hydroxyl groups is 1. The molecular weight excluding hydrogens is 354 g/mol. The molecule has 1 aromatic heterocycles. The highest BCUT2D eigenvalue weighted by atomic mass is 35.5. The standard InChI is InChI=1S/C19H24ClN3O3/c1-13-16(17(21-26-13)14-7-4-5-8-15(14)20)18(24)23-10-6-9-19(25,12-23)11-22(2)3/h4-5,7-8,25H,6,9-12H2,1-3H3/t19-/m1/s1. The molecule has 2 heterocycles. The molecule has 26 heavy (non-hydrogen) atoms. The molecule has 3 rings (SSSR count). The van der Waals surface area contributed by atoms with Crippen molar-refractivity contribution in [3.05, 3.63) is 40.6 Å². The number of rotatable bonds is 4. The van der Waals surface area contributed by atoms with Gasteiger partial charge in [-0.3, -0.25) is 4.79 Å². The van der Waals surface area contributed by atoms with E-state index in [4.69, 9.17) is 16.1 Å². The van der Waals surface area contributed by atoms with E-state index in [-0.39, 0.29) is 12.5 Å². The van der Waals surface area contributed by atoms with Crippen LogP contribution in [0.5, 0.6) is 0 Å². The summed E-state index contributed by atoms with van der Waals surface area (Å²) in [5.41, 5.74) is 0.606. The first-order chi connectivity index (χ1) is 12.3. The maximum Gasteiger partial charge on any atom is 0.259 e. The fourth-order valence-electron chi connectivity index (χ4n) is 3.62. The lowest BCUT2D eigenvalue weighted by Crippen LogP contribution is -2.54. The maximum atomic E-state index is 13.2. The molecule has 1 aromatic carbocycles. The highest BCUT2D eigenvalue weighted by molar-refractivity contribution is 6.33. The quantitative estimate of drug-likeness (QED) is 0.887. The molecule has 1 aliphatic heterocycles. The van der Waals surface area contributed by atoms with Gasteiger partial charge in [-0.25, -0.2) is 0 Å². The molecule has 0 spiro atoms. The largest absolute Gasteiger partial charge is 0.387 e. The first-order valence-electron chi connectivity index (χ1n) is 8.68. The van der Waals surface area contributed by atoms with E-state index in [0.717, 1.165) is 6.42 Å². The van der Waals surface area contributed by atoms with E-state index in [9.17, 15) is 9.90 Å². The van der Waals surface area contributed by atoms with Crippen LogP contribution in [0.4, 0.5) is 0 Å². The number of halogens is 1. The van der Waals surface area contributed by atoms with Crippen LogP contribution >= 0.6 is 11.6 Å². The zero-order chi connectivity index (χ0) is 18.9. The Bertz CT molecular complexity index is 805. The van der Waals surface area contributed by atoms with E-state index >= 15 is 0 Å². The molecule has 140 valence electrons. The van der Waals surface area contributed by atoms with Gasteiger partial charge in [0.1, 0.15) is 17.0 Å². The second kappa shape index (κ2) is 7.39. The van der Waals surface area contributed by atoms with E-state index < -0.39 is 5.60 Å². The van der Waals surface area contributed by atoms with Crippen molar-refractivity contribution < 1.29 is 14.4 Å². The molecule has 1 amide bonds. The monoisotopic (exact) mass is 377 g/mol. The van der Waals surface area contributed by atoms with Gasteiger partial charge in [-0.15, -0.1) is 0 Å². The zero-order valence-electron chi connectivity index (χ0n) is 15.3. The lowest BCUT2D eigenvalue weighted by Gasteiger charge is -2.40. The SMILES string of the molecule is Cc1onc(-c2ccccc2Cl)c1C(=O)N1CCC[C@@](O)(CN(C)C)C1. The Morgan fingerprint density at radius 3 is 2.85 bits per heavy atom. The smallest absolute Gasteiger partial charge is 0.259 e. The van der Waals surface area contributed by atoms with Crippen molar-refractivity contribution in [2.45, 2.75) is 25.4 Å². The summed E-state index contributed by atoms with van der Waals surface area (Å²) in [5.74, 6) is 0.266. The predicted octanol–water partition coefficient (Wildman–Crippen LogP) is 2.83. The number of hydrogen-bond donors (Lipinski definition) is 1. The number of hydrogen-bond acceptors (Lipinski definition) is 5. The number of likely N-dealkylation sites (N-methyl/N-ethyl adjacent to an activating group) is 1. The van der Waals surface area contributed by atoms with Gasteiger partial charge in [0.05, 0.1) is 17.2 Å². The number of nitrogens with zero attached hydrogens (tertiary/aromatic N) is 3. The fourth-order valence-corrected chi connectivity index (χ4v) is 3.85. The van der Waals surface area contributed by atoms with Crippen LogP contribution < -0.4 is 0 Å². The molecule has 1 fully saturated rings. The van der Waals surface area contributed by atoms with Gasteiger partial charge in [0.25, 0.3) is 5.91 Å². The number of piperidine rings is 1. The Morgan fingerprint density at radius 2 is 2.15 bits per heavy atom. The zero-order valence-corrected chi connectivity index (χ0v) is 16.1. The summed E-state index contributed by atoms with van der Waals surface area (Å²) in [6, 6.07) is 7.24. The molecule has 1 atom stereocenters. The van der Waals surface area contributed by atoms with Crippen molar-refractivity contribution in [3.63, 3.8) is 0 Å². The molecular formula is C19H24ClN3O3. The van der Waals surface area contributed by atoms with Gasteiger partial charge in [-0.05, 0) is 39.9 Å². The molecule has 1 saturated heterocycles. The highest BCUT2D eigenvalue weighted by Crippen LogP contribution is 2.33. The number of aryl methyl sites for hydroxylation is 1. The van der Waals surface area contributed by atoms with Crippen molar-refractivity contribution >= 4 is 17.5 Å². The van der Waals surface area contributed by atoms with E-state index in [1.807, 2.05) is 37.2 Å². The third-order valence-electron chi connectivity index (χ3n) is 4.66. The van der Waals surface area contributed by atoms with E-state index in [1.54, 1.807) is 17.9 Å². The molecule has 0 saturated carbocycles. The Labute approximate surface area is 158 Å². The van der Waals surface area contributed by atoms with Crippen molar-refractivity contribution in [3.8, 4) is 11.3 Å². The van der Waals surface area contributed by atoms with E-state index in [1.165, 1.54) is 0 Å². The number of amides is 1. The number of likely N-dealkylation sites (tertiary alicyclic amines) is 1. The number of β-amino-alcohol motifs (C(OH)–C–C–N with tert-alkyl or cyclic N) is 1. The van der Waals surface area contributed by atoms with Crippen LogP contribution in [-0.4, -0.2) is 65.3 Å². The van der Waals surface area contributed by atoms with Crippen molar-refractivity contribution in [2.24, 2.45) is 0 Å². The molecule has 0 bridgehead atoms. The molecule has 0 unspecified atom stereocenters. The molecule has 0 aliphatic carbocycles. The van der Waals surface area contributed by atoms with Crippen LogP contribution in [0.3, 0.4) is 0 Å². The van der Waals surface area contributed by atoms with E-state index in [0.29, 0.717) is 47.1 Å². The fraction of sp³-hybridized carbons (Fsp3) is 0.474. The van der Waals surface area contributed by atoms with Crippen LogP contribution in [0.15, 0.2) is 28.8 Å². The van der Waals surface area contributed by atoms with Crippen molar-refractivity contribution in [1.29, 1.82) is 0 Å². The van der Waals surface area contributed by atoms with Gasteiger partial charge in [0.2, 0.25) is 0 Å². The van der Waals surface area contributed by atoms with Crippen LogP contribution in [0.2, 0.25) is 5.02 Å².